The second-order valence-electron chi connectivity index (χ2n) is 4.95. The van der Waals surface area contributed by atoms with E-state index in [0.717, 1.165) is 4.90 Å². The fourth-order valence-electron chi connectivity index (χ4n) is 2.46. The standard InChI is InChI=1S/C11H17N3O5/c1-13-3-2-7(9(13)16)12-11(19)14-5-6(15)4-8(14)10(17)18/h6-8,15H,2-5H2,1H3,(H,12,19)(H,17,18)/t6-,7?,8-/m0/s1. The first-order chi connectivity index (χ1) is 8.90. The van der Waals surface area contributed by atoms with E-state index in [1.165, 1.54) is 4.90 Å². The third-order valence-corrected chi connectivity index (χ3v) is 3.55. The van der Waals surface area contributed by atoms with Gasteiger partial charge in [-0.2, -0.15) is 0 Å². The van der Waals surface area contributed by atoms with Crippen LogP contribution >= 0.6 is 0 Å². The summed E-state index contributed by atoms with van der Waals surface area (Å²) < 4.78 is 0. The van der Waals surface area contributed by atoms with Crippen molar-refractivity contribution in [1.82, 2.24) is 15.1 Å². The molecule has 0 aromatic rings. The lowest BCUT2D eigenvalue weighted by Crippen LogP contribution is -2.51. The highest BCUT2D eigenvalue weighted by Crippen LogP contribution is 2.19. The van der Waals surface area contributed by atoms with Crippen molar-refractivity contribution in [3.05, 3.63) is 0 Å². The number of hydrogen-bond acceptors (Lipinski definition) is 4. The summed E-state index contributed by atoms with van der Waals surface area (Å²) in [5.41, 5.74) is 0. The Morgan fingerprint density at radius 3 is 2.63 bits per heavy atom. The first-order valence-corrected chi connectivity index (χ1v) is 6.13. The van der Waals surface area contributed by atoms with Crippen LogP contribution in [0, 0.1) is 0 Å². The Morgan fingerprint density at radius 2 is 2.11 bits per heavy atom. The molecule has 0 aromatic heterocycles. The maximum absolute atomic E-state index is 12.0. The van der Waals surface area contributed by atoms with E-state index in [1.54, 1.807) is 7.05 Å². The third-order valence-electron chi connectivity index (χ3n) is 3.55. The highest BCUT2D eigenvalue weighted by atomic mass is 16.4. The first-order valence-electron chi connectivity index (χ1n) is 6.13. The molecule has 0 aromatic carbocycles. The first kappa shape index (κ1) is 13.6. The quantitative estimate of drug-likeness (QED) is 0.563. The Bertz CT molecular complexity index is 413. The smallest absolute Gasteiger partial charge is 0.326 e. The topological polar surface area (TPSA) is 110 Å². The summed E-state index contributed by atoms with van der Waals surface area (Å²) in [6.07, 6.45) is -0.315. The van der Waals surface area contributed by atoms with Gasteiger partial charge in [0.05, 0.1) is 6.10 Å². The average molecular weight is 271 g/mol. The molecule has 0 spiro atoms. The predicted octanol–water partition coefficient (Wildman–Crippen LogP) is -1.55. The van der Waals surface area contributed by atoms with Gasteiger partial charge in [0.15, 0.2) is 0 Å². The summed E-state index contributed by atoms with van der Waals surface area (Å²) >= 11 is 0. The Kier molecular flexibility index (Phi) is 3.61. The van der Waals surface area contributed by atoms with Gasteiger partial charge in [-0.25, -0.2) is 9.59 Å². The molecule has 2 heterocycles. The van der Waals surface area contributed by atoms with Crippen LogP contribution in [0.2, 0.25) is 0 Å². The Morgan fingerprint density at radius 1 is 1.42 bits per heavy atom. The van der Waals surface area contributed by atoms with Crippen molar-refractivity contribution in [1.29, 1.82) is 0 Å². The minimum atomic E-state index is -1.15. The van der Waals surface area contributed by atoms with Crippen LogP contribution in [0.1, 0.15) is 12.8 Å². The summed E-state index contributed by atoms with van der Waals surface area (Å²) in [4.78, 5) is 37.2. The summed E-state index contributed by atoms with van der Waals surface area (Å²) in [7, 11) is 1.65. The van der Waals surface area contributed by atoms with Gasteiger partial charge in [0.1, 0.15) is 12.1 Å². The maximum atomic E-state index is 12.0. The largest absolute Gasteiger partial charge is 0.480 e. The second kappa shape index (κ2) is 5.04. The molecule has 0 radical (unpaired) electrons. The molecule has 1 unspecified atom stereocenters. The molecule has 0 saturated carbocycles. The van der Waals surface area contributed by atoms with E-state index < -0.39 is 30.2 Å². The zero-order chi connectivity index (χ0) is 14.2. The van der Waals surface area contributed by atoms with Crippen molar-refractivity contribution in [2.75, 3.05) is 20.1 Å². The van der Waals surface area contributed by atoms with E-state index in [9.17, 15) is 19.5 Å². The number of amides is 3. The number of nitrogens with zero attached hydrogens (tertiary/aromatic N) is 2. The van der Waals surface area contributed by atoms with Crippen LogP contribution < -0.4 is 5.32 Å². The van der Waals surface area contributed by atoms with Crippen LogP contribution in [0.5, 0.6) is 0 Å². The molecule has 19 heavy (non-hydrogen) atoms. The normalized spacial score (nSPS) is 30.8. The lowest BCUT2D eigenvalue weighted by Gasteiger charge is -2.23. The molecule has 0 aliphatic carbocycles. The van der Waals surface area contributed by atoms with Gasteiger partial charge in [0.25, 0.3) is 0 Å². The van der Waals surface area contributed by atoms with E-state index >= 15 is 0 Å². The number of carbonyl (C=O) groups is 3. The molecular formula is C11H17N3O5. The van der Waals surface area contributed by atoms with Crippen LogP contribution in [0.25, 0.3) is 0 Å². The Hall–Kier alpha value is -1.83. The molecule has 2 fully saturated rings. The number of hydrogen-bond donors (Lipinski definition) is 3. The van der Waals surface area contributed by atoms with Crippen LogP contribution in [-0.4, -0.2) is 76.2 Å². The molecule has 2 aliphatic heterocycles. The van der Waals surface area contributed by atoms with Gasteiger partial charge in [-0.05, 0) is 6.42 Å². The molecule has 2 aliphatic rings. The Labute approximate surface area is 110 Å². The zero-order valence-corrected chi connectivity index (χ0v) is 10.6. The van der Waals surface area contributed by atoms with Crippen molar-refractivity contribution in [2.45, 2.75) is 31.0 Å². The molecule has 8 heteroatoms. The van der Waals surface area contributed by atoms with E-state index in [4.69, 9.17) is 5.11 Å². The van der Waals surface area contributed by atoms with E-state index in [1.807, 2.05) is 0 Å². The number of rotatable bonds is 2. The maximum Gasteiger partial charge on any atom is 0.326 e. The van der Waals surface area contributed by atoms with E-state index in [2.05, 4.69) is 5.32 Å². The molecule has 3 amide bonds. The molecular weight excluding hydrogens is 254 g/mol. The number of aliphatic carboxylic acids is 1. The van der Waals surface area contributed by atoms with Gasteiger partial charge in [0, 0.05) is 26.6 Å². The van der Waals surface area contributed by atoms with Crippen LogP contribution in [0.15, 0.2) is 0 Å². The number of urea groups is 1. The van der Waals surface area contributed by atoms with Gasteiger partial charge in [-0.15, -0.1) is 0 Å². The number of likely N-dealkylation sites (tertiary alicyclic amines) is 2. The number of aliphatic hydroxyl groups excluding tert-OH is 1. The van der Waals surface area contributed by atoms with E-state index in [0.29, 0.717) is 13.0 Å². The number of carboxylic acid groups (broad SMARTS) is 1. The van der Waals surface area contributed by atoms with Crippen molar-refractivity contribution in [3.8, 4) is 0 Å². The van der Waals surface area contributed by atoms with Crippen LogP contribution in [0.4, 0.5) is 4.79 Å². The van der Waals surface area contributed by atoms with Gasteiger partial charge >= 0.3 is 12.0 Å². The number of likely N-dealkylation sites (N-methyl/N-ethyl adjacent to an activating group) is 1. The minimum absolute atomic E-state index is 0.0151. The van der Waals surface area contributed by atoms with E-state index in [-0.39, 0.29) is 18.9 Å². The SMILES string of the molecule is CN1CCC(NC(=O)N2C[C@@H](O)C[C@H]2C(=O)O)C1=O. The lowest BCUT2D eigenvalue weighted by molar-refractivity contribution is -0.141. The molecule has 0 bridgehead atoms. The van der Waals surface area contributed by atoms with Gasteiger partial charge in [-0.3, -0.25) is 4.79 Å². The average Bonchev–Trinajstić information content (AvgIpc) is 2.87. The summed E-state index contributed by atoms with van der Waals surface area (Å²) in [6, 6.07) is -2.26. The number of carbonyl (C=O) groups excluding carboxylic acids is 2. The second-order valence-corrected chi connectivity index (χ2v) is 4.95. The number of β-amino-alcohol motifs (C(OH)–C–C–N with tert-alkyl or cyclic N) is 1. The van der Waals surface area contributed by atoms with Crippen molar-refractivity contribution in [2.24, 2.45) is 0 Å². The monoisotopic (exact) mass is 271 g/mol. The molecule has 3 N–H and O–H groups in total. The lowest BCUT2D eigenvalue weighted by atomic mass is 10.2. The highest BCUT2D eigenvalue weighted by Gasteiger charge is 2.40. The highest BCUT2D eigenvalue weighted by molar-refractivity contribution is 5.90. The fraction of sp³-hybridized carbons (Fsp3) is 0.727. The van der Waals surface area contributed by atoms with Gasteiger partial charge in [0.2, 0.25) is 5.91 Å². The van der Waals surface area contributed by atoms with Crippen molar-refractivity contribution >= 4 is 17.9 Å². The summed E-state index contributed by atoms with van der Waals surface area (Å²) in [6.45, 7) is 0.536. The molecule has 106 valence electrons. The molecule has 2 saturated heterocycles. The number of aliphatic hydroxyl groups is 1. The summed E-state index contributed by atoms with van der Waals surface area (Å²) in [5, 5.41) is 21.0. The number of carboxylic acids is 1. The molecule has 3 atom stereocenters. The van der Waals surface area contributed by atoms with Gasteiger partial charge in [-0.1, -0.05) is 0 Å². The zero-order valence-electron chi connectivity index (χ0n) is 10.6. The van der Waals surface area contributed by atoms with Crippen LogP contribution in [-0.2, 0) is 9.59 Å². The molecule has 8 nitrogen and oxygen atoms in total. The number of nitrogens with one attached hydrogen (secondary N) is 1. The fourth-order valence-corrected chi connectivity index (χ4v) is 2.46. The third kappa shape index (κ3) is 2.62. The van der Waals surface area contributed by atoms with Crippen molar-refractivity contribution < 1.29 is 24.6 Å². The Balaban J connectivity index is 1.99. The minimum Gasteiger partial charge on any atom is -0.480 e. The predicted molar refractivity (Wildman–Crippen MR) is 63.3 cm³/mol. The van der Waals surface area contributed by atoms with Crippen molar-refractivity contribution in [3.63, 3.8) is 0 Å². The summed E-state index contributed by atoms with van der Waals surface area (Å²) in [5.74, 6) is -1.33. The molecule has 2 rings (SSSR count). The van der Waals surface area contributed by atoms with Gasteiger partial charge < -0.3 is 25.3 Å². The van der Waals surface area contributed by atoms with Crippen LogP contribution in [0.3, 0.4) is 0 Å².